The van der Waals surface area contributed by atoms with Crippen molar-refractivity contribution in [3.63, 3.8) is 0 Å². The van der Waals surface area contributed by atoms with Gasteiger partial charge in [-0.2, -0.15) is 0 Å². The summed E-state index contributed by atoms with van der Waals surface area (Å²) in [6, 6.07) is 10.6. The van der Waals surface area contributed by atoms with Crippen LogP contribution in [0, 0.1) is 0 Å². The number of hydrogen-bond acceptors (Lipinski definition) is 3. The molecule has 1 aromatic heterocycles. The van der Waals surface area contributed by atoms with Gasteiger partial charge in [0.15, 0.2) is 5.96 Å². The molecule has 1 aliphatic carbocycles. The summed E-state index contributed by atoms with van der Waals surface area (Å²) in [6.45, 7) is 1.33. The fourth-order valence-electron chi connectivity index (χ4n) is 2.87. The second kappa shape index (κ2) is 9.21. The number of carbonyl (C=O) groups excluding carboxylic acids is 1. The van der Waals surface area contributed by atoms with Crippen molar-refractivity contribution in [3.05, 3.63) is 42.4 Å². The van der Waals surface area contributed by atoms with Gasteiger partial charge in [0, 0.05) is 33.1 Å². The average molecular weight is 368 g/mol. The molecule has 0 aliphatic heterocycles. The van der Waals surface area contributed by atoms with Crippen LogP contribution in [0.15, 0.2) is 41.5 Å². The van der Waals surface area contributed by atoms with E-state index < -0.39 is 0 Å². The summed E-state index contributed by atoms with van der Waals surface area (Å²) in [5, 5.41) is 6.31. The highest BCUT2D eigenvalue weighted by Gasteiger charge is 2.22. The standard InChI is InChI=1S/C20H28N6O/c1-21-20(22-12-6-9-19(27)24-16-10-11-16)26(2)14-18-23-13-17(25-18)15-7-4-3-5-8-15/h3-5,7-8,13,16H,6,9-12,14H2,1-2H3,(H,21,22)(H,23,25)(H,24,27). The van der Waals surface area contributed by atoms with Crippen LogP contribution in [0.4, 0.5) is 0 Å². The Labute approximate surface area is 160 Å². The van der Waals surface area contributed by atoms with Crippen LogP contribution in [0.25, 0.3) is 11.3 Å². The number of H-pyrrole nitrogens is 1. The third kappa shape index (κ3) is 5.84. The predicted molar refractivity (Wildman–Crippen MR) is 107 cm³/mol. The number of rotatable bonds is 8. The molecule has 0 saturated heterocycles. The second-order valence-corrected chi connectivity index (χ2v) is 6.88. The van der Waals surface area contributed by atoms with Gasteiger partial charge in [0.2, 0.25) is 5.91 Å². The van der Waals surface area contributed by atoms with E-state index in [1.807, 2.05) is 36.3 Å². The lowest BCUT2D eigenvalue weighted by Crippen LogP contribution is -2.39. The summed E-state index contributed by atoms with van der Waals surface area (Å²) in [4.78, 5) is 25.9. The van der Waals surface area contributed by atoms with Crippen LogP contribution >= 0.6 is 0 Å². The van der Waals surface area contributed by atoms with E-state index in [0.29, 0.717) is 25.6 Å². The van der Waals surface area contributed by atoms with E-state index in [9.17, 15) is 4.79 Å². The van der Waals surface area contributed by atoms with E-state index in [1.54, 1.807) is 7.05 Å². The van der Waals surface area contributed by atoms with Gasteiger partial charge in [0.1, 0.15) is 5.82 Å². The molecule has 1 amide bonds. The SMILES string of the molecule is CN=C(NCCCC(=O)NC1CC1)N(C)Cc1ncc(-c2ccccc2)[nH]1. The molecule has 0 bridgehead atoms. The molecule has 1 aromatic carbocycles. The molecule has 3 rings (SSSR count). The number of aromatic nitrogens is 2. The van der Waals surface area contributed by atoms with Crippen LogP contribution in [-0.2, 0) is 11.3 Å². The lowest BCUT2D eigenvalue weighted by atomic mass is 10.2. The van der Waals surface area contributed by atoms with Crippen molar-refractivity contribution in [2.24, 2.45) is 4.99 Å². The summed E-state index contributed by atoms with van der Waals surface area (Å²) < 4.78 is 0. The van der Waals surface area contributed by atoms with Crippen LogP contribution in [0.3, 0.4) is 0 Å². The Morgan fingerprint density at radius 2 is 2.11 bits per heavy atom. The summed E-state index contributed by atoms with van der Waals surface area (Å²) in [6.07, 6.45) is 5.43. The van der Waals surface area contributed by atoms with Crippen LogP contribution in [0.1, 0.15) is 31.5 Å². The first kappa shape index (κ1) is 18.9. The Morgan fingerprint density at radius 1 is 1.33 bits per heavy atom. The van der Waals surface area contributed by atoms with Crippen molar-refractivity contribution >= 4 is 11.9 Å². The molecule has 0 atom stereocenters. The van der Waals surface area contributed by atoms with Crippen LogP contribution < -0.4 is 10.6 Å². The number of amides is 1. The average Bonchev–Trinajstić information content (AvgIpc) is 3.37. The van der Waals surface area contributed by atoms with Crippen molar-refractivity contribution in [2.45, 2.75) is 38.3 Å². The third-order valence-electron chi connectivity index (χ3n) is 4.48. The summed E-state index contributed by atoms with van der Waals surface area (Å²) >= 11 is 0. The van der Waals surface area contributed by atoms with Gasteiger partial charge >= 0.3 is 0 Å². The highest BCUT2D eigenvalue weighted by molar-refractivity contribution is 5.80. The minimum Gasteiger partial charge on any atom is -0.356 e. The zero-order valence-electron chi connectivity index (χ0n) is 16.0. The monoisotopic (exact) mass is 368 g/mol. The number of aromatic amines is 1. The number of benzene rings is 1. The molecule has 144 valence electrons. The maximum Gasteiger partial charge on any atom is 0.220 e. The van der Waals surface area contributed by atoms with Gasteiger partial charge < -0.3 is 20.5 Å². The quantitative estimate of drug-likeness (QED) is 0.379. The molecular formula is C20H28N6O. The van der Waals surface area contributed by atoms with Crippen LogP contribution in [0.2, 0.25) is 0 Å². The van der Waals surface area contributed by atoms with E-state index in [2.05, 4.69) is 37.7 Å². The second-order valence-electron chi connectivity index (χ2n) is 6.88. The van der Waals surface area contributed by atoms with Crippen molar-refractivity contribution in [2.75, 3.05) is 20.6 Å². The fourth-order valence-corrected chi connectivity index (χ4v) is 2.87. The Balaban J connectivity index is 1.43. The number of nitrogens with zero attached hydrogens (tertiary/aromatic N) is 3. The number of aliphatic imine (C=N–C) groups is 1. The first-order valence-electron chi connectivity index (χ1n) is 9.46. The molecule has 1 fully saturated rings. The van der Waals surface area contributed by atoms with Crippen molar-refractivity contribution in [3.8, 4) is 11.3 Å². The maximum absolute atomic E-state index is 11.7. The molecule has 1 saturated carbocycles. The molecule has 0 radical (unpaired) electrons. The van der Waals surface area contributed by atoms with Crippen molar-refractivity contribution < 1.29 is 4.79 Å². The summed E-state index contributed by atoms with van der Waals surface area (Å²) in [7, 11) is 3.73. The van der Waals surface area contributed by atoms with E-state index >= 15 is 0 Å². The highest BCUT2D eigenvalue weighted by Crippen LogP contribution is 2.18. The van der Waals surface area contributed by atoms with Gasteiger partial charge in [-0.25, -0.2) is 4.98 Å². The molecule has 0 spiro atoms. The largest absolute Gasteiger partial charge is 0.356 e. The van der Waals surface area contributed by atoms with Gasteiger partial charge in [-0.1, -0.05) is 30.3 Å². The van der Waals surface area contributed by atoms with Crippen LogP contribution in [0.5, 0.6) is 0 Å². The van der Waals surface area contributed by atoms with Crippen molar-refractivity contribution in [1.29, 1.82) is 0 Å². The molecule has 3 N–H and O–H groups in total. The molecular weight excluding hydrogens is 340 g/mol. The van der Waals surface area contributed by atoms with Gasteiger partial charge in [-0.15, -0.1) is 0 Å². The number of carbonyl (C=O) groups is 1. The van der Waals surface area contributed by atoms with Crippen LogP contribution in [-0.4, -0.2) is 53.4 Å². The predicted octanol–water partition coefficient (Wildman–Crippen LogP) is 2.14. The van der Waals surface area contributed by atoms with Crippen molar-refractivity contribution in [1.82, 2.24) is 25.5 Å². The Morgan fingerprint density at radius 3 is 2.81 bits per heavy atom. The van der Waals surface area contributed by atoms with E-state index in [-0.39, 0.29) is 5.91 Å². The molecule has 2 aromatic rings. The highest BCUT2D eigenvalue weighted by atomic mass is 16.1. The zero-order valence-corrected chi connectivity index (χ0v) is 16.0. The lowest BCUT2D eigenvalue weighted by Gasteiger charge is -2.21. The molecule has 27 heavy (non-hydrogen) atoms. The zero-order chi connectivity index (χ0) is 19.1. The first-order valence-corrected chi connectivity index (χ1v) is 9.46. The Bertz CT molecular complexity index is 766. The van der Waals surface area contributed by atoms with E-state index in [1.165, 1.54) is 0 Å². The number of guanidine groups is 1. The number of imidazole rings is 1. The Hall–Kier alpha value is -2.83. The van der Waals surface area contributed by atoms with E-state index in [0.717, 1.165) is 42.3 Å². The Kier molecular flexibility index (Phi) is 6.46. The van der Waals surface area contributed by atoms with Gasteiger partial charge in [-0.05, 0) is 24.8 Å². The molecule has 1 heterocycles. The molecule has 7 nitrogen and oxygen atoms in total. The van der Waals surface area contributed by atoms with Gasteiger partial charge in [0.05, 0.1) is 18.4 Å². The summed E-state index contributed by atoms with van der Waals surface area (Å²) in [5.74, 6) is 1.81. The topological polar surface area (TPSA) is 85.4 Å². The van der Waals surface area contributed by atoms with Gasteiger partial charge in [-0.3, -0.25) is 9.79 Å². The molecule has 7 heteroatoms. The normalized spacial score (nSPS) is 14.1. The molecule has 0 unspecified atom stereocenters. The third-order valence-corrected chi connectivity index (χ3v) is 4.48. The maximum atomic E-state index is 11.7. The van der Waals surface area contributed by atoms with E-state index in [4.69, 9.17) is 0 Å². The summed E-state index contributed by atoms with van der Waals surface area (Å²) in [5.41, 5.74) is 2.12. The first-order chi connectivity index (χ1) is 13.2. The van der Waals surface area contributed by atoms with Gasteiger partial charge in [0.25, 0.3) is 0 Å². The number of hydrogen-bond donors (Lipinski definition) is 3. The fraction of sp³-hybridized carbons (Fsp3) is 0.450. The minimum absolute atomic E-state index is 0.145. The molecule has 1 aliphatic rings. The number of nitrogens with one attached hydrogen (secondary N) is 3. The smallest absolute Gasteiger partial charge is 0.220 e. The lowest BCUT2D eigenvalue weighted by molar-refractivity contribution is -0.121. The minimum atomic E-state index is 0.145.